The van der Waals surface area contributed by atoms with Crippen LogP contribution in [-0.2, 0) is 4.74 Å². The van der Waals surface area contributed by atoms with Crippen molar-refractivity contribution in [2.45, 2.75) is 37.8 Å². The highest BCUT2D eigenvalue weighted by Gasteiger charge is 2.22. The minimum Gasteiger partial charge on any atom is -0.500 e. The second-order valence-corrected chi connectivity index (χ2v) is 7.06. The Kier molecular flexibility index (Phi) is 5.85. The Labute approximate surface area is 168 Å². The molecule has 0 aromatic carbocycles. The molecule has 1 saturated heterocycles. The molecule has 0 bridgehead atoms. The average molecular weight is 395 g/mol. The van der Waals surface area contributed by atoms with Crippen molar-refractivity contribution in [1.82, 2.24) is 30.2 Å². The fourth-order valence-electron chi connectivity index (χ4n) is 3.61. The van der Waals surface area contributed by atoms with E-state index in [1.54, 1.807) is 18.7 Å². The summed E-state index contributed by atoms with van der Waals surface area (Å²) in [5, 5.41) is 11.1. The van der Waals surface area contributed by atoms with Crippen LogP contribution in [0.4, 0.5) is 5.82 Å². The zero-order valence-corrected chi connectivity index (χ0v) is 16.2. The third kappa shape index (κ3) is 4.14. The Balaban J connectivity index is 1.53. The summed E-state index contributed by atoms with van der Waals surface area (Å²) in [6, 6.07) is 2.25. The second-order valence-electron chi connectivity index (χ2n) is 7.06. The lowest BCUT2D eigenvalue weighted by atomic mass is 10.1. The van der Waals surface area contributed by atoms with Crippen molar-refractivity contribution in [2.75, 3.05) is 18.9 Å². The number of anilines is 1. The van der Waals surface area contributed by atoms with Crippen molar-refractivity contribution >= 4 is 16.9 Å². The van der Waals surface area contributed by atoms with E-state index < -0.39 is 0 Å². The van der Waals surface area contributed by atoms with Gasteiger partial charge in [-0.3, -0.25) is 4.98 Å². The lowest BCUT2D eigenvalue weighted by Gasteiger charge is -2.22. The molecule has 0 aliphatic carbocycles. The van der Waals surface area contributed by atoms with Crippen LogP contribution in [0.3, 0.4) is 0 Å². The summed E-state index contributed by atoms with van der Waals surface area (Å²) in [6.45, 7) is 5.75. The molecule has 2 unspecified atom stereocenters. The van der Waals surface area contributed by atoms with E-state index in [1.165, 1.54) is 12.8 Å². The van der Waals surface area contributed by atoms with E-state index in [1.807, 2.05) is 22.8 Å². The number of fused-ring (bicyclic) bond motifs is 1. The largest absolute Gasteiger partial charge is 0.500 e. The van der Waals surface area contributed by atoms with Gasteiger partial charge in [-0.25, -0.2) is 9.61 Å². The van der Waals surface area contributed by atoms with Crippen LogP contribution in [0.2, 0.25) is 0 Å². The number of rotatable bonds is 8. The molecule has 3 aromatic heterocycles. The molecule has 0 spiro atoms. The van der Waals surface area contributed by atoms with Crippen molar-refractivity contribution in [1.29, 1.82) is 0 Å². The minimum atomic E-state index is -0.0823. The number of nitrogens with two attached hydrogens (primary N) is 1. The fraction of sp³-hybridized carbons (Fsp3) is 0.400. The summed E-state index contributed by atoms with van der Waals surface area (Å²) >= 11 is 0. The number of hydrogen-bond acceptors (Lipinski definition) is 8. The van der Waals surface area contributed by atoms with E-state index in [-0.39, 0.29) is 11.9 Å². The molecule has 1 fully saturated rings. The van der Waals surface area contributed by atoms with Crippen LogP contribution in [0.1, 0.15) is 31.7 Å². The summed E-state index contributed by atoms with van der Waals surface area (Å²) in [7, 11) is 0. The van der Waals surface area contributed by atoms with Gasteiger partial charge >= 0.3 is 0 Å². The number of nitrogens with zero attached hydrogens (tertiary/aromatic N) is 5. The van der Waals surface area contributed by atoms with Gasteiger partial charge in [-0.05, 0) is 48.3 Å². The van der Waals surface area contributed by atoms with Crippen LogP contribution in [-0.4, -0.2) is 44.0 Å². The van der Waals surface area contributed by atoms with Crippen molar-refractivity contribution in [3.8, 4) is 11.5 Å². The van der Waals surface area contributed by atoms with E-state index in [0.717, 1.165) is 24.0 Å². The summed E-state index contributed by atoms with van der Waals surface area (Å²) in [5.41, 5.74) is 7.96. The number of piperidine rings is 1. The van der Waals surface area contributed by atoms with Crippen molar-refractivity contribution in [2.24, 2.45) is 0 Å². The number of ether oxygens (including phenoxy) is 1. The first-order valence-electron chi connectivity index (χ1n) is 9.81. The van der Waals surface area contributed by atoms with Crippen LogP contribution in [0.15, 0.2) is 48.1 Å². The first kappa shape index (κ1) is 19.1. The molecule has 0 saturated carbocycles. The van der Waals surface area contributed by atoms with Gasteiger partial charge in [0.1, 0.15) is 12.1 Å². The third-order valence-corrected chi connectivity index (χ3v) is 5.10. The molecule has 0 amide bonds. The predicted molar refractivity (Wildman–Crippen MR) is 110 cm³/mol. The number of aromatic nitrogens is 5. The zero-order valence-electron chi connectivity index (χ0n) is 16.2. The maximum Gasteiger partial charge on any atom is 0.199 e. The summed E-state index contributed by atoms with van der Waals surface area (Å²) in [4.78, 5) is 8.79. The first-order valence-corrected chi connectivity index (χ1v) is 9.81. The number of imidazole rings is 1. The molecule has 1 aliphatic rings. The molecule has 0 radical (unpaired) electrons. The van der Waals surface area contributed by atoms with E-state index >= 15 is 0 Å². The number of hydrogen-bond donors (Lipinski definition) is 2. The second kappa shape index (κ2) is 8.87. The van der Waals surface area contributed by atoms with Gasteiger partial charge in [-0.1, -0.05) is 12.5 Å². The van der Waals surface area contributed by atoms with Crippen LogP contribution in [0.5, 0.6) is 0 Å². The molecule has 1 aliphatic heterocycles. The van der Waals surface area contributed by atoms with Crippen molar-refractivity contribution in [3.05, 3.63) is 43.5 Å². The van der Waals surface area contributed by atoms with Crippen LogP contribution >= 0.6 is 0 Å². The van der Waals surface area contributed by atoms with Gasteiger partial charge in [0.05, 0.1) is 24.0 Å². The van der Waals surface area contributed by atoms with Gasteiger partial charge in [-0.15, -0.1) is 6.58 Å². The van der Waals surface area contributed by atoms with E-state index in [9.17, 15) is 0 Å². The maximum atomic E-state index is 5.91. The van der Waals surface area contributed by atoms with E-state index in [4.69, 9.17) is 15.1 Å². The Morgan fingerprint density at radius 2 is 2.34 bits per heavy atom. The number of nitrogens with one attached hydrogen (secondary N) is 1. The highest BCUT2D eigenvalue weighted by atomic mass is 16.6. The maximum absolute atomic E-state index is 5.91. The normalized spacial score (nSPS) is 18.3. The molecular weight excluding hydrogens is 370 g/mol. The highest BCUT2D eigenvalue weighted by molar-refractivity contribution is 5.81. The molecule has 9 heteroatoms. The van der Waals surface area contributed by atoms with Gasteiger partial charge in [0.2, 0.25) is 0 Å². The summed E-state index contributed by atoms with van der Waals surface area (Å²) in [6.07, 6.45) is 13.4. The SMILES string of the molecule is C=CC(C/C=C/OCC1CCCCN1)n1c(-c2nonc2N)nc2cnccc21. The Morgan fingerprint density at radius 3 is 3.10 bits per heavy atom. The van der Waals surface area contributed by atoms with Gasteiger partial charge in [0.15, 0.2) is 17.3 Å². The van der Waals surface area contributed by atoms with Crippen LogP contribution < -0.4 is 11.1 Å². The lowest BCUT2D eigenvalue weighted by molar-refractivity contribution is 0.191. The average Bonchev–Trinajstić information content (AvgIpc) is 3.35. The van der Waals surface area contributed by atoms with Crippen molar-refractivity contribution < 1.29 is 9.37 Å². The number of nitrogen functional groups attached to an aromatic ring is 1. The molecule has 4 rings (SSSR count). The molecule has 152 valence electrons. The Morgan fingerprint density at radius 1 is 1.41 bits per heavy atom. The van der Waals surface area contributed by atoms with Gasteiger partial charge in [0, 0.05) is 12.2 Å². The molecule has 4 heterocycles. The zero-order chi connectivity index (χ0) is 20.1. The quantitative estimate of drug-likeness (QED) is 0.442. The summed E-state index contributed by atoms with van der Waals surface area (Å²) < 4.78 is 12.5. The molecular formula is C20H25N7O2. The standard InChI is InChI=1S/C20H25N7O2/c1-2-15(7-5-11-28-13-14-6-3-4-9-23-14)27-17-8-10-22-12-16(17)24-20(27)18-19(21)26-29-25-18/h2,5,8,10-12,14-15,23H,1,3-4,6-7,9,13H2,(H2,21,26)/b11-5+. The molecule has 3 aromatic rings. The van der Waals surface area contributed by atoms with Crippen LogP contribution in [0, 0.1) is 0 Å². The van der Waals surface area contributed by atoms with Gasteiger partial charge in [0.25, 0.3) is 0 Å². The number of allylic oxidation sites excluding steroid dienone is 2. The molecule has 29 heavy (non-hydrogen) atoms. The number of pyridine rings is 1. The lowest BCUT2D eigenvalue weighted by Crippen LogP contribution is -2.37. The van der Waals surface area contributed by atoms with E-state index in [2.05, 4.69) is 32.2 Å². The minimum absolute atomic E-state index is 0.0823. The fourth-order valence-corrected chi connectivity index (χ4v) is 3.61. The predicted octanol–water partition coefficient (Wildman–Crippen LogP) is 2.85. The van der Waals surface area contributed by atoms with Gasteiger partial charge < -0.3 is 20.4 Å². The van der Waals surface area contributed by atoms with Crippen LogP contribution in [0.25, 0.3) is 22.6 Å². The smallest absolute Gasteiger partial charge is 0.199 e. The highest BCUT2D eigenvalue weighted by Crippen LogP contribution is 2.31. The van der Waals surface area contributed by atoms with Crippen molar-refractivity contribution in [3.63, 3.8) is 0 Å². The monoisotopic (exact) mass is 395 g/mol. The molecule has 2 atom stereocenters. The van der Waals surface area contributed by atoms with E-state index in [0.29, 0.717) is 30.6 Å². The van der Waals surface area contributed by atoms with Gasteiger partial charge in [-0.2, -0.15) is 0 Å². The molecule has 3 N–H and O–H groups in total. The Bertz CT molecular complexity index is 988. The topological polar surface area (TPSA) is 117 Å². The third-order valence-electron chi connectivity index (χ3n) is 5.10. The first-order chi connectivity index (χ1) is 14.3. The summed E-state index contributed by atoms with van der Waals surface area (Å²) in [5.74, 6) is 0.758. The molecule has 9 nitrogen and oxygen atoms in total. The Hall–Kier alpha value is -3.20.